The van der Waals surface area contributed by atoms with Crippen LogP contribution in [0.1, 0.15) is 37.2 Å². The predicted molar refractivity (Wildman–Crippen MR) is 199 cm³/mol. The van der Waals surface area contributed by atoms with Crippen LogP contribution in [0, 0.1) is 23.5 Å². The van der Waals surface area contributed by atoms with E-state index in [9.17, 15) is 13.5 Å². The molecule has 0 amide bonds. The third-order valence-corrected chi connectivity index (χ3v) is 11.7. The first kappa shape index (κ1) is 36.3. The lowest BCUT2D eigenvalue weighted by Crippen LogP contribution is -2.26. The molecule has 0 aliphatic carbocycles. The van der Waals surface area contributed by atoms with Crippen molar-refractivity contribution in [1.82, 2.24) is 18.7 Å². The molecule has 1 atom stereocenters. The zero-order chi connectivity index (χ0) is 36.3. The molecule has 0 aliphatic heterocycles. The number of aliphatic hydroxyl groups excluding tert-OH is 1. The molecule has 0 spiro atoms. The van der Waals surface area contributed by atoms with Gasteiger partial charge in [-0.1, -0.05) is 52.2 Å². The lowest BCUT2D eigenvalue weighted by atomic mass is 9.79. The molecule has 0 fully saturated rings. The van der Waals surface area contributed by atoms with Crippen molar-refractivity contribution in [2.24, 2.45) is 7.05 Å². The maximum Gasteiger partial charge on any atom is 0.268 e. The van der Waals surface area contributed by atoms with Crippen molar-refractivity contribution in [3.05, 3.63) is 124 Å². The van der Waals surface area contributed by atoms with Gasteiger partial charge in [0, 0.05) is 34.7 Å². The summed E-state index contributed by atoms with van der Waals surface area (Å²) in [4.78, 5) is 4.88. The highest BCUT2D eigenvalue weighted by Crippen LogP contribution is 2.40. The van der Waals surface area contributed by atoms with Crippen LogP contribution in [0.2, 0.25) is 0 Å². The second kappa shape index (κ2) is 15.0. The first-order chi connectivity index (χ1) is 24.5. The van der Waals surface area contributed by atoms with E-state index in [1.807, 2.05) is 31.2 Å². The third-order valence-electron chi connectivity index (χ3n) is 8.64. The minimum Gasteiger partial charge on any atom is -0.454 e. The highest BCUT2D eigenvalue weighted by molar-refractivity contribution is 9.10. The average Bonchev–Trinajstić information content (AvgIpc) is 3.73. The molecule has 0 saturated carbocycles. The Morgan fingerprint density at radius 2 is 1.80 bits per heavy atom. The van der Waals surface area contributed by atoms with Gasteiger partial charge < -0.3 is 9.84 Å². The molecule has 2 aromatic heterocycles. The summed E-state index contributed by atoms with van der Waals surface area (Å²) >= 11 is 5.29. The van der Waals surface area contributed by atoms with Crippen LogP contribution in [0.25, 0.3) is 22.3 Å². The van der Waals surface area contributed by atoms with E-state index in [0.29, 0.717) is 18.0 Å². The van der Waals surface area contributed by atoms with Gasteiger partial charge in [0.05, 0.1) is 33.8 Å². The van der Waals surface area contributed by atoms with Crippen LogP contribution >= 0.6 is 27.7 Å². The van der Waals surface area contributed by atoms with Crippen molar-refractivity contribution >= 4 is 48.6 Å². The topological polar surface area (TPSA) is 99.2 Å². The number of benzene rings is 4. The number of aryl methyl sites for hydroxylation is 1. The predicted octanol–water partition coefficient (Wildman–Crippen LogP) is 8.45. The first-order valence-corrected chi connectivity index (χ1v) is 19.2. The fourth-order valence-corrected chi connectivity index (χ4v) is 8.56. The lowest BCUT2D eigenvalue weighted by Gasteiger charge is -2.27. The first-order valence-electron chi connectivity index (χ1n) is 15.8. The van der Waals surface area contributed by atoms with Gasteiger partial charge in [-0.15, -0.1) is 17.7 Å². The molecule has 0 aliphatic rings. The van der Waals surface area contributed by atoms with Crippen LogP contribution in [-0.2, 0) is 29.1 Å². The van der Waals surface area contributed by atoms with Crippen LogP contribution in [0.3, 0.4) is 0 Å². The average molecular weight is 792 g/mol. The van der Waals surface area contributed by atoms with Crippen molar-refractivity contribution in [3.8, 4) is 34.7 Å². The number of nitrogens with zero attached hydrogens (tertiary/aromatic N) is 4. The summed E-state index contributed by atoms with van der Waals surface area (Å²) in [5.41, 5.74) is 0.498. The van der Waals surface area contributed by atoms with Crippen molar-refractivity contribution < 1.29 is 27.0 Å². The van der Waals surface area contributed by atoms with Crippen molar-refractivity contribution in [1.29, 1.82) is 0 Å². The molecule has 4 aromatic carbocycles. The van der Waals surface area contributed by atoms with Gasteiger partial charge >= 0.3 is 0 Å². The number of ether oxygens (including phenoxy) is 1. The minimum atomic E-state index is -4.06. The molecule has 2 heterocycles. The SMILES string of the molecule is CC#CCSCCC(C)(c1cccc(Br)c1)c1nc(-c2cc(Oc3c(F)cc4c(ccn4S(=O)(=O)c4ccccc4)c3CO)ccc2F)n(C)n1. The second-order valence-electron chi connectivity index (χ2n) is 11.9. The van der Waals surface area contributed by atoms with E-state index in [4.69, 9.17) is 14.8 Å². The number of thioether (sulfide) groups is 1. The standard InChI is InChI=1S/C38H33BrF2N4O4S2/c1-4-5-19-50-20-17-38(2,25-10-9-11-26(39)21-25)37-42-36(44(3)43-37)30-22-27(14-15-32(30)40)49-35-31(24-46)29-16-18-45(34(29)23-33(35)41)51(47,48)28-12-7-6-8-13-28/h6-16,18,21-23,46H,17,19-20,24H2,1-3H3. The number of hydrogen-bond acceptors (Lipinski definition) is 7. The number of halogens is 3. The zero-order valence-corrected chi connectivity index (χ0v) is 31.1. The normalized spacial score (nSPS) is 12.8. The molecule has 1 N–H and O–H groups in total. The molecule has 262 valence electrons. The number of aromatic nitrogens is 4. The van der Waals surface area contributed by atoms with E-state index < -0.39 is 33.7 Å². The highest BCUT2D eigenvalue weighted by atomic mass is 79.9. The maximum atomic E-state index is 15.8. The van der Waals surface area contributed by atoms with Gasteiger partial charge in [-0.25, -0.2) is 30.8 Å². The Morgan fingerprint density at radius 3 is 2.53 bits per heavy atom. The molecule has 1 unspecified atom stereocenters. The van der Waals surface area contributed by atoms with Crippen molar-refractivity contribution in [2.45, 2.75) is 37.2 Å². The largest absolute Gasteiger partial charge is 0.454 e. The van der Waals surface area contributed by atoms with Gasteiger partial charge in [0.25, 0.3) is 10.0 Å². The van der Waals surface area contributed by atoms with Gasteiger partial charge in [-0.2, -0.15) is 5.10 Å². The fourth-order valence-electron chi connectivity index (χ4n) is 5.86. The van der Waals surface area contributed by atoms with Crippen LogP contribution in [-0.4, -0.2) is 43.8 Å². The molecule has 8 nitrogen and oxygen atoms in total. The molecule has 0 saturated heterocycles. The van der Waals surface area contributed by atoms with Gasteiger partial charge in [-0.05, 0) is 80.1 Å². The summed E-state index contributed by atoms with van der Waals surface area (Å²) < 4.78 is 67.4. The fraction of sp³-hybridized carbons (Fsp3) is 0.211. The number of rotatable bonds is 12. The Hall–Kier alpha value is -4.48. The van der Waals surface area contributed by atoms with E-state index in [2.05, 4.69) is 34.7 Å². The Labute approximate surface area is 307 Å². The van der Waals surface area contributed by atoms with E-state index in [0.717, 1.165) is 25.8 Å². The number of aliphatic hydroxyl groups is 1. The molecule has 51 heavy (non-hydrogen) atoms. The molecular weight excluding hydrogens is 758 g/mol. The van der Waals surface area contributed by atoms with Crippen LogP contribution < -0.4 is 4.74 Å². The third kappa shape index (κ3) is 7.19. The van der Waals surface area contributed by atoms with Crippen LogP contribution in [0.5, 0.6) is 11.5 Å². The summed E-state index contributed by atoms with van der Waals surface area (Å²) in [6, 6.07) is 22.1. The van der Waals surface area contributed by atoms with Gasteiger partial charge in [0.15, 0.2) is 23.2 Å². The molecule has 6 aromatic rings. The number of hydrogen-bond donors (Lipinski definition) is 1. The summed E-state index contributed by atoms with van der Waals surface area (Å²) in [5.74, 6) is 6.46. The van der Waals surface area contributed by atoms with E-state index in [1.165, 1.54) is 47.3 Å². The Balaban J connectivity index is 1.36. The zero-order valence-electron chi connectivity index (χ0n) is 27.9. The maximum absolute atomic E-state index is 15.8. The van der Waals surface area contributed by atoms with Crippen LogP contribution in [0.15, 0.2) is 100 Å². The monoisotopic (exact) mass is 790 g/mol. The Bertz CT molecular complexity index is 2410. The van der Waals surface area contributed by atoms with Crippen LogP contribution in [0.4, 0.5) is 8.78 Å². The lowest BCUT2D eigenvalue weighted by molar-refractivity contribution is 0.276. The smallest absolute Gasteiger partial charge is 0.268 e. The molecule has 13 heteroatoms. The minimum absolute atomic E-state index is 0.0252. The quantitative estimate of drug-likeness (QED) is 0.0982. The van der Waals surface area contributed by atoms with Crippen molar-refractivity contribution in [3.63, 3.8) is 0 Å². The van der Waals surface area contributed by atoms with Gasteiger partial charge in [-0.3, -0.25) is 0 Å². The summed E-state index contributed by atoms with van der Waals surface area (Å²) in [6.45, 7) is 3.21. The summed E-state index contributed by atoms with van der Waals surface area (Å²) in [7, 11) is -2.38. The molecule has 0 radical (unpaired) electrons. The highest BCUT2D eigenvalue weighted by Gasteiger charge is 2.34. The van der Waals surface area contributed by atoms with Gasteiger partial charge in [0.2, 0.25) is 0 Å². The Morgan fingerprint density at radius 1 is 1.02 bits per heavy atom. The number of fused-ring (bicyclic) bond motifs is 1. The van der Waals surface area contributed by atoms with E-state index >= 15 is 8.78 Å². The van der Waals surface area contributed by atoms with E-state index in [1.54, 1.807) is 37.0 Å². The van der Waals surface area contributed by atoms with Crippen molar-refractivity contribution in [2.75, 3.05) is 11.5 Å². The Kier molecular flexibility index (Phi) is 10.7. The van der Waals surface area contributed by atoms with E-state index in [-0.39, 0.29) is 44.2 Å². The summed E-state index contributed by atoms with van der Waals surface area (Å²) in [5, 5.41) is 15.4. The summed E-state index contributed by atoms with van der Waals surface area (Å²) in [6.07, 6.45) is 1.99. The molecular formula is C38H33BrF2N4O4S2. The molecule has 6 rings (SSSR count). The second-order valence-corrected chi connectivity index (χ2v) is 15.7. The van der Waals surface area contributed by atoms with Gasteiger partial charge in [0.1, 0.15) is 11.6 Å². The molecule has 0 bridgehead atoms.